The minimum atomic E-state index is -0.929. The summed E-state index contributed by atoms with van der Waals surface area (Å²) in [6.07, 6.45) is 1.01. The Hall–Kier alpha value is -1.93. The lowest BCUT2D eigenvalue weighted by atomic mass is 10.3. The van der Waals surface area contributed by atoms with Crippen molar-refractivity contribution in [3.63, 3.8) is 0 Å². The largest absolute Gasteiger partial charge is 0.394 e. The van der Waals surface area contributed by atoms with E-state index in [1.165, 1.54) is 7.05 Å². The third-order valence-corrected chi connectivity index (χ3v) is 2.38. The first-order valence-corrected chi connectivity index (χ1v) is 5.26. The van der Waals surface area contributed by atoms with Crippen molar-refractivity contribution in [1.29, 1.82) is 0 Å². The van der Waals surface area contributed by atoms with E-state index in [2.05, 4.69) is 15.6 Å². The number of amides is 1. The maximum absolute atomic E-state index is 11.3. The second kappa shape index (κ2) is 6.12. The normalized spacial score (nSPS) is 11.7. The highest BCUT2D eigenvalue weighted by molar-refractivity contribution is 6.33. The van der Waals surface area contributed by atoms with Gasteiger partial charge in [0.05, 0.1) is 16.6 Å². The number of aromatic nitrogens is 1. The molecule has 0 bridgehead atoms. The van der Waals surface area contributed by atoms with Crippen LogP contribution in [0.4, 0.5) is 11.5 Å². The number of anilines is 1. The molecule has 8 nitrogen and oxygen atoms in total. The van der Waals surface area contributed by atoms with Crippen LogP contribution >= 0.6 is 11.6 Å². The first-order chi connectivity index (χ1) is 8.49. The first-order valence-electron chi connectivity index (χ1n) is 4.88. The molecule has 1 rings (SSSR count). The highest BCUT2D eigenvalue weighted by Gasteiger charge is 2.19. The molecular weight excluding hydrogens is 264 g/mol. The Balaban J connectivity index is 2.90. The second-order valence-corrected chi connectivity index (χ2v) is 3.68. The van der Waals surface area contributed by atoms with E-state index in [4.69, 9.17) is 16.7 Å². The van der Waals surface area contributed by atoms with Crippen molar-refractivity contribution < 1.29 is 14.8 Å². The third-order valence-electron chi connectivity index (χ3n) is 2.09. The van der Waals surface area contributed by atoms with Crippen LogP contribution in [0.25, 0.3) is 0 Å². The summed E-state index contributed by atoms with van der Waals surface area (Å²) in [6.45, 7) is -0.464. The SMILES string of the molecule is CNC(=O)[C@@H](CO)Nc1ncc([N+](=O)[O-])cc1Cl. The van der Waals surface area contributed by atoms with Crippen LogP contribution in [0.3, 0.4) is 0 Å². The van der Waals surface area contributed by atoms with Gasteiger partial charge in [-0.15, -0.1) is 0 Å². The minimum absolute atomic E-state index is 0.00782. The van der Waals surface area contributed by atoms with Crippen molar-refractivity contribution in [3.05, 3.63) is 27.4 Å². The Kier molecular flexibility index (Phi) is 4.81. The van der Waals surface area contributed by atoms with Gasteiger partial charge in [0.2, 0.25) is 5.91 Å². The second-order valence-electron chi connectivity index (χ2n) is 3.27. The number of carbonyl (C=O) groups is 1. The van der Waals surface area contributed by atoms with E-state index < -0.39 is 23.5 Å². The van der Waals surface area contributed by atoms with Gasteiger partial charge in [-0.1, -0.05) is 11.6 Å². The molecule has 0 aromatic carbocycles. The quantitative estimate of drug-likeness (QED) is 0.520. The lowest BCUT2D eigenvalue weighted by Crippen LogP contribution is -2.40. The standard InChI is InChI=1S/C9H11ClN4O4/c1-11-9(16)7(4-15)13-8-6(10)2-5(3-12-8)14(17)18/h2-3,7,15H,4H2,1H3,(H,11,16)(H,12,13)/t7-/m1/s1. The van der Waals surface area contributed by atoms with Gasteiger partial charge in [0.25, 0.3) is 5.69 Å². The zero-order valence-corrected chi connectivity index (χ0v) is 10.1. The predicted octanol–water partition coefficient (Wildman–Crippen LogP) is 0.162. The summed E-state index contributed by atoms with van der Waals surface area (Å²) in [5, 5.41) is 24.4. The van der Waals surface area contributed by atoms with Crippen molar-refractivity contribution in [2.24, 2.45) is 0 Å². The number of nitrogens with zero attached hydrogens (tertiary/aromatic N) is 2. The van der Waals surface area contributed by atoms with Gasteiger partial charge >= 0.3 is 0 Å². The molecule has 0 saturated heterocycles. The molecule has 0 aliphatic rings. The molecule has 0 aliphatic heterocycles. The van der Waals surface area contributed by atoms with Crippen LogP contribution in [0.1, 0.15) is 0 Å². The van der Waals surface area contributed by atoms with Crippen molar-refractivity contribution >= 4 is 29.0 Å². The number of aliphatic hydroxyl groups excluding tert-OH is 1. The van der Waals surface area contributed by atoms with Crippen LogP contribution < -0.4 is 10.6 Å². The average Bonchev–Trinajstić information content (AvgIpc) is 2.36. The number of nitro groups is 1. The molecule has 1 heterocycles. The van der Waals surface area contributed by atoms with Crippen LogP contribution in [0.5, 0.6) is 0 Å². The average molecular weight is 275 g/mol. The van der Waals surface area contributed by atoms with E-state index in [9.17, 15) is 14.9 Å². The molecule has 0 radical (unpaired) electrons. The van der Waals surface area contributed by atoms with Gasteiger partial charge in [0.15, 0.2) is 0 Å². The molecule has 0 saturated carbocycles. The van der Waals surface area contributed by atoms with E-state index in [-0.39, 0.29) is 16.5 Å². The summed E-state index contributed by atoms with van der Waals surface area (Å²) in [5.41, 5.74) is -0.258. The Bertz CT molecular complexity index is 468. The number of likely N-dealkylation sites (N-methyl/N-ethyl adjacent to an activating group) is 1. The maximum Gasteiger partial charge on any atom is 0.289 e. The van der Waals surface area contributed by atoms with Gasteiger partial charge in [-0.2, -0.15) is 0 Å². The van der Waals surface area contributed by atoms with Crippen molar-refractivity contribution in [2.45, 2.75) is 6.04 Å². The maximum atomic E-state index is 11.3. The number of pyridine rings is 1. The topological polar surface area (TPSA) is 117 Å². The molecule has 9 heteroatoms. The highest BCUT2D eigenvalue weighted by Crippen LogP contribution is 2.24. The van der Waals surface area contributed by atoms with E-state index >= 15 is 0 Å². The molecule has 0 spiro atoms. The zero-order chi connectivity index (χ0) is 13.7. The fourth-order valence-electron chi connectivity index (χ4n) is 1.17. The van der Waals surface area contributed by atoms with Crippen LogP contribution in [-0.2, 0) is 4.79 Å². The molecule has 0 unspecified atom stereocenters. The molecule has 1 atom stereocenters. The molecule has 0 aliphatic carbocycles. The number of aliphatic hydroxyl groups is 1. The summed E-state index contributed by atoms with van der Waals surface area (Å²) in [6, 6.07) is 0.177. The number of hydrogen-bond acceptors (Lipinski definition) is 6. The van der Waals surface area contributed by atoms with Crippen LogP contribution in [0, 0.1) is 10.1 Å². The summed E-state index contributed by atoms with van der Waals surface area (Å²) in [5.74, 6) is -0.362. The summed E-state index contributed by atoms with van der Waals surface area (Å²) in [4.78, 5) is 24.9. The molecular formula is C9H11ClN4O4. The van der Waals surface area contributed by atoms with Crippen molar-refractivity contribution in [1.82, 2.24) is 10.3 Å². The Labute approximate surface area is 107 Å². The highest BCUT2D eigenvalue weighted by atomic mass is 35.5. The Morgan fingerprint density at radius 3 is 2.83 bits per heavy atom. The molecule has 1 amide bonds. The number of carbonyl (C=O) groups excluding carboxylic acids is 1. The van der Waals surface area contributed by atoms with Gasteiger partial charge in [-0.05, 0) is 0 Å². The lowest BCUT2D eigenvalue weighted by Gasteiger charge is -2.15. The summed E-state index contributed by atoms with van der Waals surface area (Å²) >= 11 is 5.78. The first kappa shape index (κ1) is 14.1. The van der Waals surface area contributed by atoms with Gasteiger partial charge in [0.1, 0.15) is 18.1 Å². The van der Waals surface area contributed by atoms with Crippen LogP contribution in [0.15, 0.2) is 12.3 Å². The van der Waals surface area contributed by atoms with Gasteiger partial charge < -0.3 is 15.7 Å². The summed E-state index contributed by atoms with van der Waals surface area (Å²) in [7, 11) is 1.41. The monoisotopic (exact) mass is 274 g/mol. The molecule has 3 N–H and O–H groups in total. The van der Waals surface area contributed by atoms with Crippen LogP contribution in [0.2, 0.25) is 5.02 Å². The van der Waals surface area contributed by atoms with Crippen molar-refractivity contribution in [2.75, 3.05) is 19.0 Å². The number of hydrogen-bond donors (Lipinski definition) is 3. The minimum Gasteiger partial charge on any atom is -0.394 e. The summed E-state index contributed by atoms with van der Waals surface area (Å²) < 4.78 is 0. The van der Waals surface area contributed by atoms with Crippen molar-refractivity contribution in [3.8, 4) is 0 Å². The number of halogens is 1. The predicted molar refractivity (Wildman–Crippen MR) is 64.5 cm³/mol. The van der Waals surface area contributed by atoms with Crippen LogP contribution in [-0.4, -0.2) is 40.6 Å². The lowest BCUT2D eigenvalue weighted by molar-refractivity contribution is -0.385. The van der Waals surface area contributed by atoms with E-state index in [1.807, 2.05) is 0 Å². The molecule has 98 valence electrons. The number of rotatable bonds is 5. The van der Waals surface area contributed by atoms with Gasteiger partial charge in [-0.25, -0.2) is 4.98 Å². The van der Waals surface area contributed by atoms with Gasteiger partial charge in [-0.3, -0.25) is 14.9 Å². The van der Waals surface area contributed by atoms with Gasteiger partial charge in [0, 0.05) is 13.1 Å². The fraction of sp³-hybridized carbons (Fsp3) is 0.333. The molecule has 18 heavy (non-hydrogen) atoms. The molecule has 0 fully saturated rings. The van der Waals surface area contributed by atoms with E-state index in [0.29, 0.717) is 0 Å². The molecule has 1 aromatic rings. The third kappa shape index (κ3) is 3.28. The Morgan fingerprint density at radius 2 is 2.39 bits per heavy atom. The fourth-order valence-corrected chi connectivity index (χ4v) is 1.38. The zero-order valence-electron chi connectivity index (χ0n) is 9.38. The van der Waals surface area contributed by atoms with E-state index in [1.54, 1.807) is 0 Å². The Morgan fingerprint density at radius 1 is 1.72 bits per heavy atom. The molecule has 1 aromatic heterocycles. The van der Waals surface area contributed by atoms with E-state index in [0.717, 1.165) is 12.3 Å². The number of nitrogens with one attached hydrogen (secondary N) is 2. The smallest absolute Gasteiger partial charge is 0.289 e.